The van der Waals surface area contributed by atoms with Crippen molar-refractivity contribution in [2.24, 2.45) is 11.7 Å². The van der Waals surface area contributed by atoms with Gasteiger partial charge in [0, 0.05) is 19.2 Å². The summed E-state index contributed by atoms with van der Waals surface area (Å²) in [6.07, 6.45) is 4.34. The van der Waals surface area contributed by atoms with E-state index in [0.717, 1.165) is 25.1 Å². The Balaban J connectivity index is 1.73. The van der Waals surface area contributed by atoms with Crippen LogP contribution in [0.5, 0.6) is 17.2 Å². The number of nitrogens with zero attached hydrogens (tertiary/aromatic N) is 1. The van der Waals surface area contributed by atoms with Gasteiger partial charge in [-0.15, -0.1) is 0 Å². The van der Waals surface area contributed by atoms with Gasteiger partial charge in [0.15, 0.2) is 11.5 Å². The first kappa shape index (κ1) is 15.7. The van der Waals surface area contributed by atoms with E-state index in [1.165, 1.54) is 0 Å². The molecule has 6 heteroatoms. The normalized spacial score (nSPS) is 20.1. The lowest BCUT2D eigenvalue weighted by atomic mass is 10.1. The molecule has 0 radical (unpaired) electrons. The third-order valence-electron chi connectivity index (χ3n) is 4.20. The van der Waals surface area contributed by atoms with Crippen molar-refractivity contribution in [2.45, 2.75) is 6.42 Å². The van der Waals surface area contributed by atoms with Gasteiger partial charge in [0.05, 0.1) is 7.11 Å². The summed E-state index contributed by atoms with van der Waals surface area (Å²) in [5, 5.41) is 0. The Bertz CT molecular complexity index is 598. The molecule has 2 heterocycles. The number of ether oxygens (including phenoxy) is 3. The van der Waals surface area contributed by atoms with Crippen molar-refractivity contribution < 1.29 is 19.0 Å². The van der Waals surface area contributed by atoms with E-state index in [2.05, 4.69) is 0 Å². The number of amides is 1. The predicted molar refractivity (Wildman–Crippen MR) is 86.8 cm³/mol. The van der Waals surface area contributed by atoms with Crippen LogP contribution in [0.3, 0.4) is 0 Å². The Hall–Kier alpha value is -2.21. The summed E-state index contributed by atoms with van der Waals surface area (Å²) < 4.78 is 16.5. The van der Waals surface area contributed by atoms with E-state index < -0.39 is 0 Å². The summed E-state index contributed by atoms with van der Waals surface area (Å²) in [5.74, 6) is 2.30. The first-order valence-corrected chi connectivity index (χ1v) is 7.86. The molecule has 0 aromatic heterocycles. The third kappa shape index (κ3) is 3.42. The Morgan fingerprint density at radius 1 is 1.43 bits per heavy atom. The molecule has 2 N–H and O–H groups in total. The zero-order chi connectivity index (χ0) is 16.2. The molecule has 1 unspecified atom stereocenters. The molecule has 1 amide bonds. The van der Waals surface area contributed by atoms with Crippen LogP contribution in [0.2, 0.25) is 0 Å². The van der Waals surface area contributed by atoms with E-state index in [1.54, 1.807) is 19.3 Å². The van der Waals surface area contributed by atoms with Crippen molar-refractivity contribution in [1.29, 1.82) is 0 Å². The Kier molecular flexibility index (Phi) is 4.71. The number of carbonyl (C=O) groups is 1. The van der Waals surface area contributed by atoms with Crippen molar-refractivity contribution in [2.75, 3.05) is 40.0 Å². The standard InChI is InChI=1S/C17H22N2O4/c1-21-14-8-12(9-15-17(14)23-7-6-22-15)2-3-16(20)19-5-4-13(10-18)11-19/h2-3,8-9,13H,4-7,10-11,18H2,1H3/b3-2+. The second-order valence-electron chi connectivity index (χ2n) is 5.76. The molecule has 23 heavy (non-hydrogen) atoms. The number of benzene rings is 1. The van der Waals surface area contributed by atoms with Gasteiger partial charge < -0.3 is 24.8 Å². The number of likely N-dealkylation sites (tertiary alicyclic amines) is 1. The molecule has 2 aliphatic heterocycles. The monoisotopic (exact) mass is 318 g/mol. The second kappa shape index (κ2) is 6.91. The van der Waals surface area contributed by atoms with Crippen LogP contribution < -0.4 is 19.9 Å². The van der Waals surface area contributed by atoms with Gasteiger partial charge in [-0.1, -0.05) is 0 Å². The maximum Gasteiger partial charge on any atom is 0.246 e. The van der Waals surface area contributed by atoms with Gasteiger partial charge in [-0.05, 0) is 42.7 Å². The summed E-state index contributed by atoms with van der Waals surface area (Å²) in [4.78, 5) is 14.1. The Morgan fingerprint density at radius 2 is 2.26 bits per heavy atom. The number of carbonyl (C=O) groups excluding carboxylic acids is 1. The van der Waals surface area contributed by atoms with Crippen molar-refractivity contribution in [3.05, 3.63) is 23.8 Å². The van der Waals surface area contributed by atoms with Crippen LogP contribution in [-0.4, -0.2) is 50.8 Å². The summed E-state index contributed by atoms with van der Waals surface area (Å²) in [6, 6.07) is 3.69. The van der Waals surface area contributed by atoms with Gasteiger partial charge in [0.25, 0.3) is 0 Å². The van der Waals surface area contributed by atoms with Crippen LogP contribution in [0.1, 0.15) is 12.0 Å². The number of fused-ring (bicyclic) bond motifs is 1. The fourth-order valence-electron chi connectivity index (χ4n) is 2.89. The van der Waals surface area contributed by atoms with Crippen LogP contribution in [-0.2, 0) is 4.79 Å². The first-order chi connectivity index (χ1) is 11.2. The Morgan fingerprint density at radius 3 is 3.00 bits per heavy atom. The predicted octanol–water partition coefficient (Wildman–Crippen LogP) is 1.29. The quantitative estimate of drug-likeness (QED) is 0.847. The van der Waals surface area contributed by atoms with E-state index in [1.807, 2.05) is 17.0 Å². The number of hydrogen-bond donors (Lipinski definition) is 1. The summed E-state index contributed by atoms with van der Waals surface area (Å²) in [7, 11) is 1.59. The molecule has 1 aromatic rings. The minimum atomic E-state index is 0.00908. The van der Waals surface area contributed by atoms with Crippen LogP contribution in [0.4, 0.5) is 0 Å². The topological polar surface area (TPSA) is 74.0 Å². The average Bonchev–Trinajstić information content (AvgIpc) is 3.08. The highest BCUT2D eigenvalue weighted by molar-refractivity contribution is 5.92. The first-order valence-electron chi connectivity index (χ1n) is 7.86. The van der Waals surface area contributed by atoms with E-state index in [0.29, 0.717) is 42.9 Å². The maximum absolute atomic E-state index is 12.2. The number of methoxy groups -OCH3 is 1. The lowest BCUT2D eigenvalue weighted by Crippen LogP contribution is -2.28. The van der Waals surface area contributed by atoms with Crippen molar-refractivity contribution in [3.8, 4) is 17.2 Å². The SMILES string of the molecule is COc1cc(/C=C/C(=O)N2CCC(CN)C2)cc2c1OCCO2. The molecule has 1 atom stereocenters. The van der Waals surface area contributed by atoms with E-state index >= 15 is 0 Å². The number of nitrogens with two attached hydrogens (primary N) is 1. The highest BCUT2D eigenvalue weighted by Crippen LogP contribution is 2.40. The van der Waals surface area contributed by atoms with E-state index in [-0.39, 0.29) is 5.91 Å². The summed E-state index contributed by atoms with van der Waals surface area (Å²) >= 11 is 0. The van der Waals surface area contributed by atoms with E-state index in [4.69, 9.17) is 19.9 Å². The van der Waals surface area contributed by atoms with Crippen molar-refractivity contribution >= 4 is 12.0 Å². The molecule has 1 fully saturated rings. The zero-order valence-electron chi connectivity index (χ0n) is 13.3. The smallest absolute Gasteiger partial charge is 0.246 e. The van der Waals surface area contributed by atoms with Crippen molar-refractivity contribution in [1.82, 2.24) is 4.90 Å². The van der Waals surface area contributed by atoms with Gasteiger partial charge in [0.2, 0.25) is 11.7 Å². The molecule has 0 aliphatic carbocycles. The molecule has 124 valence electrons. The zero-order valence-corrected chi connectivity index (χ0v) is 13.3. The molecular formula is C17H22N2O4. The van der Waals surface area contributed by atoms with Gasteiger partial charge in [-0.25, -0.2) is 0 Å². The fourth-order valence-corrected chi connectivity index (χ4v) is 2.89. The summed E-state index contributed by atoms with van der Waals surface area (Å²) in [5.41, 5.74) is 6.50. The van der Waals surface area contributed by atoms with E-state index in [9.17, 15) is 4.79 Å². The van der Waals surface area contributed by atoms with Crippen LogP contribution >= 0.6 is 0 Å². The molecule has 0 bridgehead atoms. The van der Waals surface area contributed by atoms with Crippen molar-refractivity contribution in [3.63, 3.8) is 0 Å². The highest BCUT2D eigenvalue weighted by atomic mass is 16.6. The van der Waals surface area contributed by atoms with Gasteiger partial charge >= 0.3 is 0 Å². The molecule has 6 nitrogen and oxygen atoms in total. The third-order valence-corrected chi connectivity index (χ3v) is 4.20. The number of hydrogen-bond acceptors (Lipinski definition) is 5. The highest BCUT2D eigenvalue weighted by Gasteiger charge is 2.24. The minimum absolute atomic E-state index is 0.00908. The fraction of sp³-hybridized carbons (Fsp3) is 0.471. The largest absolute Gasteiger partial charge is 0.493 e. The minimum Gasteiger partial charge on any atom is -0.493 e. The molecular weight excluding hydrogens is 296 g/mol. The molecule has 1 saturated heterocycles. The van der Waals surface area contributed by atoms with Crippen LogP contribution in [0.25, 0.3) is 6.08 Å². The summed E-state index contributed by atoms with van der Waals surface area (Å²) in [6.45, 7) is 3.16. The molecule has 3 rings (SSSR count). The Labute approximate surface area is 135 Å². The molecule has 2 aliphatic rings. The van der Waals surface area contributed by atoms with Crippen LogP contribution in [0, 0.1) is 5.92 Å². The molecule has 1 aromatic carbocycles. The maximum atomic E-state index is 12.2. The lowest BCUT2D eigenvalue weighted by Gasteiger charge is -2.21. The van der Waals surface area contributed by atoms with Gasteiger partial charge in [-0.3, -0.25) is 4.79 Å². The van der Waals surface area contributed by atoms with Gasteiger partial charge in [0.1, 0.15) is 13.2 Å². The lowest BCUT2D eigenvalue weighted by molar-refractivity contribution is -0.125. The second-order valence-corrected chi connectivity index (χ2v) is 5.76. The average molecular weight is 318 g/mol. The van der Waals surface area contributed by atoms with Crippen LogP contribution in [0.15, 0.2) is 18.2 Å². The molecule has 0 saturated carbocycles. The number of rotatable bonds is 4. The van der Waals surface area contributed by atoms with Gasteiger partial charge in [-0.2, -0.15) is 0 Å². The molecule has 0 spiro atoms.